The number of amides is 2. The number of benzene rings is 2. The van der Waals surface area contributed by atoms with Gasteiger partial charge in [-0.15, -0.1) is 0 Å². The Morgan fingerprint density at radius 2 is 2.03 bits per heavy atom. The number of hydrogen-bond donors (Lipinski definition) is 2. The number of hydrogen-bond acceptors (Lipinski definition) is 7. The molecule has 9 heteroatoms. The van der Waals surface area contributed by atoms with Gasteiger partial charge in [0.15, 0.2) is 11.5 Å². The molecule has 0 bridgehead atoms. The molecule has 3 aromatic rings. The van der Waals surface area contributed by atoms with E-state index in [1.54, 1.807) is 23.1 Å². The van der Waals surface area contributed by atoms with Crippen molar-refractivity contribution in [1.29, 1.82) is 0 Å². The summed E-state index contributed by atoms with van der Waals surface area (Å²) in [6.45, 7) is 5.11. The van der Waals surface area contributed by atoms with Crippen molar-refractivity contribution in [2.45, 2.75) is 45.3 Å². The van der Waals surface area contributed by atoms with Crippen LogP contribution < -0.4 is 10.1 Å². The van der Waals surface area contributed by atoms with Crippen LogP contribution in [0.15, 0.2) is 52.7 Å². The molecule has 0 saturated carbocycles. The number of nitrogens with one attached hydrogen (secondary N) is 1. The maximum absolute atomic E-state index is 13.2. The number of rotatable bonds is 7. The fraction of sp³-hybridized carbons (Fsp3) is 0.370. The first kappa shape index (κ1) is 23.9. The summed E-state index contributed by atoms with van der Waals surface area (Å²) in [5, 5.41) is 17.7. The average molecular weight is 491 g/mol. The lowest BCUT2D eigenvalue weighted by Gasteiger charge is -2.36. The summed E-state index contributed by atoms with van der Waals surface area (Å²) in [5.74, 6) is 1.09. The SMILES string of the molecule is CCc1ccc(-c2noc(C3=C(C)N(CC4CCCO4)C(=O)NC3c3ccc(OC)c(O)c3)n2)cc1. The highest BCUT2D eigenvalue weighted by atomic mass is 16.5. The Bertz CT molecular complexity index is 1280. The topological polar surface area (TPSA) is 110 Å². The molecule has 2 N–H and O–H groups in total. The van der Waals surface area contributed by atoms with Gasteiger partial charge in [0.1, 0.15) is 0 Å². The van der Waals surface area contributed by atoms with E-state index in [2.05, 4.69) is 17.4 Å². The van der Waals surface area contributed by atoms with E-state index in [-0.39, 0.29) is 17.9 Å². The molecule has 5 rings (SSSR count). The Balaban J connectivity index is 1.56. The van der Waals surface area contributed by atoms with E-state index >= 15 is 0 Å². The number of nitrogens with zero attached hydrogens (tertiary/aromatic N) is 3. The fourth-order valence-corrected chi connectivity index (χ4v) is 4.75. The van der Waals surface area contributed by atoms with Crippen molar-refractivity contribution in [3.8, 4) is 22.9 Å². The quantitative estimate of drug-likeness (QED) is 0.494. The van der Waals surface area contributed by atoms with Gasteiger partial charge in [0.25, 0.3) is 5.89 Å². The summed E-state index contributed by atoms with van der Waals surface area (Å²) in [6.07, 6.45) is 2.80. The molecule has 2 aliphatic heterocycles. The Kier molecular flexibility index (Phi) is 6.65. The minimum Gasteiger partial charge on any atom is -0.504 e. The molecule has 2 aliphatic rings. The molecule has 0 radical (unpaired) electrons. The Labute approximate surface area is 209 Å². The molecule has 2 unspecified atom stereocenters. The highest BCUT2D eigenvalue weighted by molar-refractivity contribution is 5.87. The smallest absolute Gasteiger partial charge is 0.322 e. The molecular weight excluding hydrogens is 460 g/mol. The predicted molar refractivity (Wildman–Crippen MR) is 133 cm³/mol. The standard InChI is InChI=1S/C27H30N4O5/c1-4-17-7-9-18(10-8-17)25-29-26(36-30-25)23-16(2)31(15-20-6-5-13-35-20)27(33)28-24(23)19-11-12-22(34-3)21(32)14-19/h7-12,14,20,24,32H,4-6,13,15H2,1-3H3,(H,28,33). The van der Waals surface area contributed by atoms with Gasteiger partial charge in [-0.1, -0.05) is 42.4 Å². The van der Waals surface area contributed by atoms with Crippen LogP contribution in [0.2, 0.25) is 0 Å². The Hall–Kier alpha value is -3.85. The van der Waals surface area contributed by atoms with Crippen LogP contribution in [0.4, 0.5) is 4.79 Å². The number of carbonyl (C=O) groups is 1. The van der Waals surface area contributed by atoms with Crippen molar-refractivity contribution in [3.63, 3.8) is 0 Å². The molecule has 2 aromatic carbocycles. The van der Waals surface area contributed by atoms with Crippen molar-refractivity contribution in [3.05, 3.63) is 65.2 Å². The van der Waals surface area contributed by atoms with E-state index in [1.807, 2.05) is 31.2 Å². The molecule has 2 amide bonds. The van der Waals surface area contributed by atoms with E-state index in [0.717, 1.165) is 24.8 Å². The minimum absolute atomic E-state index is 0.0229. The summed E-state index contributed by atoms with van der Waals surface area (Å²) in [5.41, 5.74) is 4.10. The zero-order chi connectivity index (χ0) is 25.2. The van der Waals surface area contributed by atoms with Gasteiger partial charge in [-0.3, -0.25) is 4.90 Å². The largest absolute Gasteiger partial charge is 0.504 e. The monoisotopic (exact) mass is 490 g/mol. The van der Waals surface area contributed by atoms with E-state index in [9.17, 15) is 9.90 Å². The van der Waals surface area contributed by atoms with Crippen LogP contribution in [0.5, 0.6) is 11.5 Å². The van der Waals surface area contributed by atoms with Crippen molar-refractivity contribution in [2.24, 2.45) is 0 Å². The third-order valence-electron chi connectivity index (χ3n) is 6.82. The second-order valence-electron chi connectivity index (χ2n) is 9.03. The van der Waals surface area contributed by atoms with E-state index in [4.69, 9.17) is 19.0 Å². The summed E-state index contributed by atoms with van der Waals surface area (Å²) in [6, 6.07) is 12.2. The highest BCUT2D eigenvalue weighted by Gasteiger charge is 2.37. The molecule has 3 heterocycles. The molecule has 0 spiro atoms. The van der Waals surface area contributed by atoms with E-state index in [1.165, 1.54) is 12.7 Å². The molecule has 1 aromatic heterocycles. The Morgan fingerprint density at radius 1 is 1.22 bits per heavy atom. The third kappa shape index (κ3) is 4.54. The van der Waals surface area contributed by atoms with Crippen LogP contribution in [-0.4, -0.2) is 52.5 Å². The van der Waals surface area contributed by atoms with Crippen LogP contribution in [0.1, 0.15) is 49.7 Å². The van der Waals surface area contributed by atoms with Crippen LogP contribution >= 0.6 is 0 Å². The molecule has 0 aliphatic carbocycles. The third-order valence-corrected chi connectivity index (χ3v) is 6.82. The number of methoxy groups -OCH3 is 1. The maximum Gasteiger partial charge on any atom is 0.322 e. The Morgan fingerprint density at radius 3 is 2.69 bits per heavy atom. The lowest BCUT2D eigenvalue weighted by Crippen LogP contribution is -2.48. The number of aromatic nitrogens is 2. The van der Waals surface area contributed by atoms with Crippen LogP contribution in [0, 0.1) is 0 Å². The summed E-state index contributed by atoms with van der Waals surface area (Å²) in [7, 11) is 1.49. The number of aromatic hydroxyl groups is 1. The number of phenolic OH excluding ortho intramolecular Hbond substituents is 1. The van der Waals surface area contributed by atoms with Crippen LogP contribution in [-0.2, 0) is 11.2 Å². The first-order valence-electron chi connectivity index (χ1n) is 12.2. The predicted octanol–water partition coefficient (Wildman–Crippen LogP) is 4.69. The maximum atomic E-state index is 13.2. The molecular formula is C27H30N4O5. The molecule has 188 valence electrons. The first-order chi connectivity index (χ1) is 17.5. The first-order valence-corrected chi connectivity index (χ1v) is 12.2. The van der Waals surface area contributed by atoms with E-state index in [0.29, 0.717) is 47.4 Å². The van der Waals surface area contributed by atoms with Gasteiger partial charge in [0.05, 0.1) is 31.4 Å². The van der Waals surface area contributed by atoms with Crippen LogP contribution in [0.25, 0.3) is 17.0 Å². The van der Waals surface area contributed by atoms with Crippen molar-refractivity contribution >= 4 is 11.6 Å². The number of urea groups is 1. The second-order valence-corrected chi connectivity index (χ2v) is 9.03. The van der Waals surface area contributed by atoms with Gasteiger partial charge in [-0.05, 0) is 49.4 Å². The van der Waals surface area contributed by atoms with Gasteiger partial charge >= 0.3 is 6.03 Å². The lowest BCUT2D eigenvalue weighted by molar-refractivity contribution is 0.0877. The number of phenols is 1. The second kappa shape index (κ2) is 10.0. The van der Waals surface area contributed by atoms with Gasteiger partial charge in [-0.2, -0.15) is 4.98 Å². The van der Waals surface area contributed by atoms with Crippen molar-refractivity contribution in [1.82, 2.24) is 20.4 Å². The van der Waals surface area contributed by atoms with Crippen LogP contribution in [0.3, 0.4) is 0 Å². The van der Waals surface area contributed by atoms with Gasteiger partial charge in [0, 0.05) is 17.9 Å². The zero-order valence-corrected chi connectivity index (χ0v) is 20.7. The van der Waals surface area contributed by atoms with Gasteiger partial charge in [0.2, 0.25) is 5.82 Å². The molecule has 1 saturated heterocycles. The van der Waals surface area contributed by atoms with Crippen molar-refractivity contribution < 1.29 is 23.9 Å². The average Bonchev–Trinajstić information content (AvgIpc) is 3.59. The van der Waals surface area contributed by atoms with Crippen molar-refractivity contribution in [2.75, 3.05) is 20.3 Å². The molecule has 36 heavy (non-hydrogen) atoms. The zero-order valence-electron chi connectivity index (χ0n) is 20.7. The van der Waals surface area contributed by atoms with Gasteiger partial charge < -0.3 is 24.4 Å². The molecule has 9 nitrogen and oxygen atoms in total. The lowest BCUT2D eigenvalue weighted by atomic mass is 9.94. The van der Waals surface area contributed by atoms with E-state index < -0.39 is 6.04 Å². The summed E-state index contributed by atoms with van der Waals surface area (Å²) < 4.78 is 16.7. The minimum atomic E-state index is -0.606. The highest BCUT2D eigenvalue weighted by Crippen LogP contribution is 2.40. The fourth-order valence-electron chi connectivity index (χ4n) is 4.75. The normalized spacial score (nSPS) is 20.1. The van der Waals surface area contributed by atoms with Gasteiger partial charge in [-0.25, -0.2) is 4.79 Å². The number of ether oxygens (including phenoxy) is 2. The summed E-state index contributed by atoms with van der Waals surface area (Å²) in [4.78, 5) is 19.6. The summed E-state index contributed by atoms with van der Waals surface area (Å²) >= 11 is 0. The number of allylic oxidation sites excluding steroid dienone is 1. The molecule has 2 atom stereocenters. The number of aryl methyl sites for hydroxylation is 1. The number of carbonyl (C=O) groups excluding carboxylic acids is 1. The molecule has 1 fully saturated rings.